The summed E-state index contributed by atoms with van der Waals surface area (Å²) in [6.07, 6.45) is 1.08. The number of primary amides is 1. The molecule has 0 bridgehead atoms. The van der Waals surface area contributed by atoms with Gasteiger partial charge in [-0.1, -0.05) is 6.07 Å². The number of methoxy groups -OCH3 is 1. The minimum absolute atomic E-state index is 0.270. The summed E-state index contributed by atoms with van der Waals surface area (Å²) >= 11 is 4.86. The van der Waals surface area contributed by atoms with E-state index in [1.807, 2.05) is 39.0 Å². The van der Waals surface area contributed by atoms with Crippen LogP contribution in [-0.2, 0) is 4.74 Å². The molecule has 8 nitrogen and oxygen atoms in total. The second-order valence-corrected chi connectivity index (χ2v) is 10.0. The number of hydrogen-bond donors (Lipinski definition) is 1. The molecular formula is C21H27BrN4O4S. The average Bonchev–Trinajstić information content (AvgIpc) is 3.16. The Hall–Kier alpha value is -2.33. The largest absolute Gasteiger partial charge is 0.496 e. The maximum Gasteiger partial charge on any atom is 0.410 e. The molecule has 3 amide bonds. The molecule has 0 aliphatic carbocycles. The van der Waals surface area contributed by atoms with E-state index in [2.05, 4.69) is 20.9 Å². The van der Waals surface area contributed by atoms with E-state index in [0.717, 1.165) is 27.9 Å². The Morgan fingerprint density at radius 2 is 2.10 bits per heavy atom. The van der Waals surface area contributed by atoms with Crippen LogP contribution in [0.5, 0.6) is 5.75 Å². The molecule has 1 aliphatic heterocycles. The van der Waals surface area contributed by atoms with Gasteiger partial charge in [-0.25, -0.2) is 14.6 Å². The number of thiazole rings is 1. The number of carbonyl (C=O) groups excluding carboxylic acids is 2. The molecule has 2 aromatic rings. The Labute approximate surface area is 194 Å². The van der Waals surface area contributed by atoms with Crippen molar-refractivity contribution in [3.05, 3.63) is 28.1 Å². The van der Waals surface area contributed by atoms with Crippen molar-refractivity contribution in [2.45, 2.75) is 45.3 Å². The highest BCUT2D eigenvalue weighted by molar-refractivity contribution is 9.10. The normalized spacial score (nSPS) is 16.7. The van der Waals surface area contributed by atoms with Gasteiger partial charge in [-0.2, -0.15) is 0 Å². The number of likely N-dealkylation sites (tertiary alicyclic amines) is 1. The molecule has 0 saturated carbocycles. The number of amides is 3. The molecule has 168 valence electrons. The number of piperidine rings is 1. The SMILES string of the molecule is COc1cc(-c2nc(N(C(N)=O)[C@H]3CCCN(C(=O)OC(C)(C)C)C3)cs2)ccc1Br. The van der Waals surface area contributed by atoms with Crippen LogP contribution >= 0.6 is 27.3 Å². The van der Waals surface area contributed by atoms with Crippen molar-refractivity contribution in [2.75, 3.05) is 25.1 Å². The standard InChI is InChI=1S/C21H27BrN4O4S/c1-21(2,3)30-20(28)25-9-5-6-14(11-25)26(19(23)27)17-12-31-18(24-17)13-7-8-15(22)16(10-13)29-4/h7-8,10,12,14H,5-6,9,11H2,1-4H3,(H2,23,27)/t14-/m0/s1. The monoisotopic (exact) mass is 510 g/mol. The van der Waals surface area contributed by atoms with Gasteiger partial charge in [0.25, 0.3) is 0 Å². The van der Waals surface area contributed by atoms with Gasteiger partial charge in [0.1, 0.15) is 22.2 Å². The van der Waals surface area contributed by atoms with E-state index in [1.165, 1.54) is 16.2 Å². The molecule has 1 aromatic carbocycles. The lowest BCUT2D eigenvalue weighted by molar-refractivity contribution is 0.0199. The van der Waals surface area contributed by atoms with Crippen LogP contribution in [0.1, 0.15) is 33.6 Å². The van der Waals surface area contributed by atoms with Crippen molar-refractivity contribution in [1.29, 1.82) is 0 Å². The van der Waals surface area contributed by atoms with E-state index in [0.29, 0.717) is 24.7 Å². The predicted molar refractivity (Wildman–Crippen MR) is 125 cm³/mol. The molecule has 0 spiro atoms. The highest BCUT2D eigenvalue weighted by Crippen LogP contribution is 2.34. The summed E-state index contributed by atoms with van der Waals surface area (Å²) in [6, 6.07) is 4.83. The van der Waals surface area contributed by atoms with Crippen molar-refractivity contribution >= 4 is 45.2 Å². The number of urea groups is 1. The average molecular weight is 511 g/mol. The van der Waals surface area contributed by atoms with Crippen molar-refractivity contribution < 1.29 is 19.1 Å². The van der Waals surface area contributed by atoms with Gasteiger partial charge >= 0.3 is 12.1 Å². The highest BCUT2D eigenvalue weighted by Gasteiger charge is 2.33. The number of rotatable bonds is 4. The minimum atomic E-state index is -0.596. The first-order valence-electron chi connectivity index (χ1n) is 9.95. The van der Waals surface area contributed by atoms with E-state index >= 15 is 0 Å². The van der Waals surface area contributed by atoms with E-state index in [1.54, 1.807) is 17.4 Å². The smallest absolute Gasteiger partial charge is 0.410 e. The highest BCUT2D eigenvalue weighted by atomic mass is 79.9. The van der Waals surface area contributed by atoms with Crippen LogP contribution < -0.4 is 15.4 Å². The maximum atomic E-state index is 12.5. The molecule has 1 fully saturated rings. The predicted octanol–water partition coefficient (Wildman–Crippen LogP) is 4.87. The summed E-state index contributed by atoms with van der Waals surface area (Å²) in [6.45, 7) is 6.41. The fraction of sp³-hybridized carbons (Fsp3) is 0.476. The molecule has 1 atom stereocenters. The first-order valence-corrected chi connectivity index (χ1v) is 11.6. The minimum Gasteiger partial charge on any atom is -0.496 e. The zero-order valence-electron chi connectivity index (χ0n) is 18.1. The van der Waals surface area contributed by atoms with Crippen LogP contribution in [0.2, 0.25) is 0 Å². The summed E-state index contributed by atoms with van der Waals surface area (Å²) in [5, 5.41) is 2.55. The number of nitrogens with two attached hydrogens (primary N) is 1. The van der Waals surface area contributed by atoms with Crippen molar-refractivity contribution in [2.24, 2.45) is 5.73 Å². The van der Waals surface area contributed by atoms with Crippen LogP contribution in [-0.4, -0.2) is 53.9 Å². The van der Waals surface area contributed by atoms with Gasteiger partial charge in [0.05, 0.1) is 17.6 Å². The third-order valence-corrected chi connectivity index (χ3v) is 6.32. The van der Waals surface area contributed by atoms with Crippen LogP contribution in [0.25, 0.3) is 10.6 Å². The Bertz CT molecular complexity index is 959. The van der Waals surface area contributed by atoms with Crippen LogP contribution in [0.3, 0.4) is 0 Å². The summed E-state index contributed by atoms with van der Waals surface area (Å²) in [5.74, 6) is 1.17. The van der Waals surface area contributed by atoms with Crippen molar-refractivity contribution in [3.8, 4) is 16.3 Å². The van der Waals surface area contributed by atoms with Crippen LogP contribution in [0.15, 0.2) is 28.1 Å². The topological polar surface area (TPSA) is 98.0 Å². The third-order valence-electron chi connectivity index (χ3n) is 4.79. The number of anilines is 1. The molecule has 0 radical (unpaired) electrons. The second kappa shape index (κ2) is 9.44. The molecule has 10 heteroatoms. The van der Waals surface area contributed by atoms with Crippen LogP contribution in [0.4, 0.5) is 15.4 Å². The van der Waals surface area contributed by atoms with Gasteiger partial charge in [0, 0.05) is 24.0 Å². The van der Waals surface area contributed by atoms with E-state index in [4.69, 9.17) is 15.2 Å². The quantitative estimate of drug-likeness (QED) is 0.632. The molecule has 1 aliphatic rings. The number of ether oxygens (including phenoxy) is 2. The summed E-state index contributed by atoms with van der Waals surface area (Å²) < 4.78 is 11.7. The molecular weight excluding hydrogens is 484 g/mol. The maximum absolute atomic E-state index is 12.5. The van der Waals surface area contributed by atoms with Crippen LogP contribution in [0, 0.1) is 0 Å². The first kappa shape index (κ1) is 23.3. The number of benzene rings is 1. The first-order chi connectivity index (χ1) is 14.6. The number of carbonyl (C=O) groups is 2. The van der Waals surface area contributed by atoms with E-state index in [9.17, 15) is 9.59 Å². The van der Waals surface area contributed by atoms with Crippen molar-refractivity contribution in [1.82, 2.24) is 9.88 Å². The Morgan fingerprint density at radius 3 is 2.74 bits per heavy atom. The Morgan fingerprint density at radius 1 is 1.35 bits per heavy atom. The summed E-state index contributed by atoms with van der Waals surface area (Å²) in [5.41, 5.74) is 6.02. The second-order valence-electron chi connectivity index (χ2n) is 8.29. The third kappa shape index (κ3) is 5.68. The Balaban J connectivity index is 1.81. The van der Waals surface area contributed by atoms with Gasteiger partial charge in [0.2, 0.25) is 0 Å². The zero-order valence-corrected chi connectivity index (χ0v) is 20.5. The fourth-order valence-electron chi connectivity index (χ4n) is 3.44. The lowest BCUT2D eigenvalue weighted by Crippen LogP contribution is -2.54. The molecule has 2 heterocycles. The molecule has 1 aromatic heterocycles. The molecule has 2 N–H and O–H groups in total. The molecule has 31 heavy (non-hydrogen) atoms. The van der Waals surface area contributed by atoms with Gasteiger partial charge in [0.15, 0.2) is 0 Å². The van der Waals surface area contributed by atoms with E-state index < -0.39 is 11.6 Å². The van der Waals surface area contributed by atoms with Gasteiger partial charge < -0.3 is 20.1 Å². The Kier molecular flexibility index (Phi) is 7.10. The van der Waals surface area contributed by atoms with E-state index in [-0.39, 0.29) is 12.1 Å². The summed E-state index contributed by atoms with van der Waals surface area (Å²) in [7, 11) is 1.60. The van der Waals surface area contributed by atoms with Gasteiger partial charge in [-0.15, -0.1) is 11.3 Å². The molecule has 3 rings (SSSR count). The van der Waals surface area contributed by atoms with Gasteiger partial charge in [-0.05, 0) is 61.7 Å². The van der Waals surface area contributed by atoms with Crippen molar-refractivity contribution in [3.63, 3.8) is 0 Å². The number of aromatic nitrogens is 1. The van der Waals surface area contributed by atoms with Gasteiger partial charge in [-0.3, -0.25) is 4.90 Å². The summed E-state index contributed by atoms with van der Waals surface area (Å²) in [4.78, 5) is 32.6. The zero-order chi connectivity index (χ0) is 22.8. The molecule has 0 unspecified atom stereocenters. The number of halogens is 1. The lowest BCUT2D eigenvalue weighted by atomic mass is 10.0. The molecule has 1 saturated heterocycles. The fourth-order valence-corrected chi connectivity index (χ4v) is 4.64. The number of nitrogens with zero attached hydrogens (tertiary/aromatic N) is 3. The number of hydrogen-bond acceptors (Lipinski definition) is 6. The lowest BCUT2D eigenvalue weighted by Gasteiger charge is -2.38.